The van der Waals surface area contributed by atoms with Crippen LogP contribution < -0.4 is 5.73 Å². The lowest BCUT2D eigenvalue weighted by molar-refractivity contribution is -0.135. The molecule has 1 aliphatic rings. The predicted molar refractivity (Wildman–Crippen MR) is 122 cm³/mol. The molecule has 2 N–H and O–H groups in total. The summed E-state index contributed by atoms with van der Waals surface area (Å²) in [6.07, 6.45) is 8.83. The van der Waals surface area contributed by atoms with Crippen LogP contribution in [0.2, 0.25) is 25.7 Å². The van der Waals surface area contributed by atoms with Gasteiger partial charge in [0.05, 0.1) is 12.6 Å². The molecule has 0 aromatic rings. The number of hydrogen-bond donors (Lipinski definition) is 1. The zero-order chi connectivity index (χ0) is 22.9. The molecule has 0 aliphatic carbocycles. The number of likely N-dealkylation sites (N-methyl/N-ethyl adjacent to an activating group) is 1. The van der Waals surface area contributed by atoms with E-state index in [0.717, 1.165) is 18.9 Å². The average molecular weight is 436 g/mol. The standard InChI is InChI=1S/C22H37N3O4Si/c1-7-9-11-19(20(23)26)24(3)21(27)17-12-13-25(18(16-17)10-8-2)22(28)29-14-15-30(4,5)6/h8,12-13,16,18-19H,2,7,9-11,14-15H2,1,3-6H3,(H2,23,26). The first kappa shape index (κ1) is 25.7. The Morgan fingerprint density at radius 3 is 2.57 bits per heavy atom. The Balaban J connectivity index is 2.91. The smallest absolute Gasteiger partial charge is 0.414 e. The third kappa shape index (κ3) is 7.82. The number of primary amides is 1. The second kappa shape index (κ2) is 11.7. The summed E-state index contributed by atoms with van der Waals surface area (Å²) >= 11 is 0. The van der Waals surface area contributed by atoms with Gasteiger partial charge in [0.25, 0.3) is 5.91 Å². The van der Waals surface area contributed by atoms with Gasteiger partial charge in [-0.15, -0.1) is 6.58 Å². The summed E-state index contributed by atoms with van der Waals surface area (Å²) < 4.78 is 5.44. The molecule has 0 saturated carbocycles. The van der Waals surface area contributed by atoms with Gasteiger partial charge in [0.1, 0.15) is 6.04 Å². The number of rotatable bonds is 11. The monoisotopic (exact) mass is 435 g/mol. The Labute approximate surface area is 181 Å². The number of carbonyl (C=O) groups excluding carboxylic acids is 3. The van der Waals surface area contributed by atoms with Crippen LogP contribution in [0.25, 0.3) is 0 Å². The van der Waals surface area contributed by atoms with Crippen LogP contribution in [0.4, 0.5) is 4.79 Å². The Bertz CT molecular complexity index is 697. The van der Waals surface area contributed by atoms with E-state index >= 15 is 0 Å². The molecule has 168 valence electrons. The van der Waals surface area contributed by atoms with E-state index in [1.807, 2.05) is 6.92 Å². The first-order valence-corrected chi connectivity index (χ1v) is 14.2. The molecule has 1 rings (SSSR count). The molecule has 0 bridgehead atoms. The highest BCUT2D eigenvalue weighted by atomic mass is 28.3. The maximum atomic E-state index is 13.0. The van der Waals surface area contributed by atoms with Gasteiger partial charge in [-0.05, 0) is 31.0 Å². The van der Waals surface area contributed by atoms with Crippen LogP contribution in [-0.4, -0.2) is 61.5 Å². The van der Waals surface area contributed by atoms with Crippen LogP contribution in [0.5, 0.6) is 0 Å². The zero-order valence-corrected chi connectivity index (χ0v) is 20.0. The molecule has 0 saturated heterocycles. The molecule has 30 heavy (non-hydrogen) atoms. The lowest BCUT2D eigenvalue weighted by atomic mass is 10.0. The second-order valence-corrected chi connectivity index (χ2v) is 14.5. The lowest BCUT2D eigenvalue weighted by Crippen LogP contribution is -2.47. The summed E-state index contributed by atoms with van der Waals surface area (Å²) in [6, 6.07) is -0.143. The van der Waals surface area contributed by atoms with E-state index in [-0.39, 0.29) is 11.9 Å². The Morgan fingerprint density at radius 2 is 2.03 bits per heavy atom. The highest BCUT2D eigenvalue weighted by molar-refractivity contribution is 6.76. The van der Waals surface area contributed by atoms with Crippen molar-refractivity contribution in [3.05, 3.63) is 36.6 Å². The van der Waals surface area contributed by atoms with Crippen LogP contribution in [0, 0.1) is 0 Å². The van der Waals surface area contributed by atoms with Gasteiger partial charge in [0, 0.05) is 26.9 Å². The topological polar surface area (TPSA) is 92.9 Å². The van der Waals surface area contributed by atoms with Gasteiger partial charge < -0.3 is 15.4 Å². The summed E-state index contributed by atoms with van der Waals surface area (Å²) in [7, 11) is 0.281. The van der Waals surface area contributed by atoms with E-state index in [2.05, 4.69) is 26.2 Å². The van der Waals surface area contributed by atoms with Gasteiger partial charge in [-0.3, -0.25) is 14.5 Å². The third-order valence-corrected chi connectivity index (χ3v) is 6.74. The quantitative estimate of drug-likeness (QED) is 0.396. The average Bonchev–Trinajstić information content (AvgIpc) is 2.66. The molecule has 0 aromatic carbocycles. The third-order valence-electron chi connectivity index (χ3n) is 5.03. The number of carbonyl (C=O) groups is 3. The molecule has 7 nitrogen and oxygen atoms in total. The minimum Gasteiger partial charge on any atom is -0.449 e. The van der Waals surface area contributed by atoms with Crippen LogP contribution in [0.1, 0.15) is 32.6 Å². The molecule has 0 spiro atoms. The van der Waals surface area contributed by atoms with E-state index in [1.165, 1.54) is 9.80 Å². The van der Waals surface area contributed by atoms with Crippen LogP contribution in [0.3, 0.4) is 0 Å². The van der Waals surface area contributed by atoms with Crippen molar-refractivity contribution in [3.63, 3.8) is 0 Å². The Kier molecular flexibility index (Phi) is 10.0. The number of ether oxygens (including phenoxy) is 1. The fourth-order valence-corrected chi connectivity index (χ4v) is 3.81. The van der Waals surface area contributed by atoms with Gasteiger partial charge in [0.2, 0.25) is 5.91 Å². The number of nitrogens with two attached hydrogens (primary N) is 1. The normalized spacial score (nSPS) is 17.2. The molecule has 8 heteroatoms. The van der Waals surface area contributed by atoms with E-state index < -0.39 is 26.1 Å². The zero-order valence-electron chi connectivity index (χ0n) is 19.0. The van der Waals surface area contributed by atoms with Crippen molar-refractivity contribution in [3.8, 4) is 0 Å². The summed E-state index contributed by atoms with van der Waals surface area (Å²) in [5.74, 6) is -0.818. The molecule has 0 aromatic heterocycles. The van der Waals surface area contributed by atoms with Crippen molar-refractivity contribution >= 4 is 26.0 Å². The van der Waals surface area contributed by atoms with Crippen LogP contribution >= 0.6 is 0 Å². The minimum absolute atomic E-state index is 0.299. The molecule has 2 atom stereocenters. The van der Waals surface area contributed by atoms with Crippen molar-refractivity contribution in [1.29, 1.82) is 0 Å². The Hall–Kier alpha value is -2.35. The SMILES string of the molecule is C=CCC1C=C(C(=O)N(C)C(CCCC)C(N)=O)C=CN1C(=O)OCC[Si](C)(C)C. The largest absolute Gasteiger partial charge is 0.449 e. The van der Waals surface area contributed by atoms with Gasteiger partial charge in [-0.1, -0.05) is 45.5 Å². The van der Waals surface area contributed by atoms with Gasteiger partial charge >= 0.3 is 6.09 Å². The summed E-state index contributed by atoms with van der Waals surface area (Å²) in [4.78, 5) is 40.2. The van der Waals surface area contributed by atoms with E-state index in [0.29, 0.717) is 25.0 Å². The first-order chi connectivity index (χ1) is 14.0. The van der Waals surface area contributed by atoms with E-state index in [4.69, 9.17) is 10.5 Å². The first-order valence-electron chi connectivity index (χ1n) is 10.5. The van der Waals surface area contributed by atoms with Gasteiger partial charge in [0.15, 0.2) is 0 Å². The van der Waals surface area contributed by atoms with Crippen molar-refractivity contribution < 1.29 is 19.1 Å². The van der Waals surface area contributed by atoms with Gasteiger partial charge in [-0.2, -0.15) is 0 Å². The van der Waals surface area contributed by atoms with Crippen molar-refractivity contribution in [2.24, 2.45) is 5.73 Å². The molecule has 1 heterocycles. The fraction of sp³-hybridized carbons (Fsp3) is 0.591. The molecule has 2 unspecified atom stereocenters. The summed E-state index contributed by atoms with van der Waals surface area (Å²) in [5, 5.41) is 0. The fourth-order valence-electron chi connectivity index (χ4n) is 3.09. The number of unbranched alkanes of at least 4 members (excludes halogenated alkanes) is 1. The lowest BCUT2D eigenvalue weighted by Gasteiger charge is -2.31. The maximum absolute atomic E-state index is 13.0. The number of amides is 3. The van der Waals surface area contributed by atoms with E-state index in [1.54, 1.807) is 31.5 Å². The summed E-state index contributed by atoms with van der Waals surface area (Å²) in [6.45, 7) is 12.8. The van der Waals surface area contributed by atoms with Crippen molar-refractivity contribution in [1.82, 2.24) is 9.80 Å². The van der Waals surface area contributed by atoms with Gasteiger partial charge in [-0.25, -0.2) is 4.79 Å². The molecule has 3 amide bonds. The van der Waals surface area contributed by atoms with Crippen molar-refractivity contribution in [2.75, 3.05) is 13.7 Å². The number of hydrogen-bond acceptors (Lipinski definition) is 4. The molecule has 1 aliphatic heterocycles. The minimum atomic E-state index is -1.30. The molecule has 0 fully saturated rings. The van der Waals surface area contributed by atoms with Crippen molar-refractivity contribution in [2.45, 2.75) is 70.4 Å². The van der Waals surface area contributed by atoms with Crippen LogP contribution in [-0.2, 0) is 14.3 Å². The van der Waals surface area contributed by atoms with Crippen LogP contribution in [0.15, 0.2) is 36.6 Å². The molecular weight excluding hydrogens is 398 g/mol. The number of nitrogens with zero attached hydrogens (tertiary/aromatic N) is 2. The maximum Gasteiger partial charge on any atom is 0.414 e. The Morgan fingerprint density at radius 1 is 1.37 bits per heavy atom. The summed E-state index contributed by atoms with van der Waals surface area (Å²) in [5.41, 5.74) is 5.92. The molecular formula is C22H37N3O4Si. The highest BCUT2D eigenvalue weighted by Crippen LogP contribution is 2.21. The highest BCUT2D eigenvalue weighted by Gasteiger charge is 2.30. The van der Waals surface area contributed by atoms with E-state index in [9.17, 15) is 14.4 Å². The predicted octanol–water partition coefficient (Wildman–Crippen LogP) is 3.66. The molecule has 0 radical (unpaired) electrons. The second-order valence-electron chi connectivity index (χ2n) is 8.84.